The predicted octanol–water partition coefficient (Wildman–Crippen LogP) is 10.2. The summed E-state index contributed by atoms with van der Waals surface area (Å²) in [7, 11) is 3.41. The van der Waals surface area contributed by atoms with Crippen LogP contribution in [-0.4, -0.2) is 26.2 Å². The molecule has 6 nitrogen and oxygen atoms in total. The Bertz CT molecular complexity index is 2530. The topological polar surface area (TPSA) is 71.1 Å². The summed E-state index contributed by atoms with van der Waals surface area (Å²) < 4.78 is 24.9. The summed E-state index contributed by atoms with van der Waals surface area (Å²) in [4.78, 5) is 26.7. The van der Waals surface area contributed by atoms with Crippen LogP contribution in [0.15, 0.2) is 152 Å². The molecule has 284 valence electrons. The number of carbonyl (C=O) groups excluding carboxylic acids is 2. The lowest BCUT2D eigenvalue weighted by Gasteiger charge is -2.57. The smallest absolute Gasteiger partial charge is 0.335 e. The fraction of sp³-hybridized carbons (Fsp3) is 0.216. The first-order chi connectivity index (χ1) is 27.5. The van der Waals surface area contributed by atoms with Gasteiger partial charge in [-0.1, -0.05) is 143 Å². The first-order valence-electron chi connectivity index (χ1n) is 19.3. The zero-order valence-electron chi connectivity index (χ0n) is 32.8. The maximum Gasteiger partial charge on any atom is 0.335 e. The molecule has 6 aromatic carbocycles. The highest BCUT2D eigenvalue weighted by molar-refractivity contribution is 5.87. The van der Waals surface area contributed by atoms with Crippen molar-refractivity contribution in [2.45, 2.75) is 49.2 Å². The van der Waals surface area contributed by atoms with Crippen LogP contribution in [0.1, 0.15) is 77.3 Å². The van der Waals surface area contributed by atoms with Crippen molar-refractivity contribution >= 4 is 11.9 Å². The molecule has 57 heavy (non-hydrogen) atoms. The Morgan fingerprint density at radius 3 is 1.65 bits per heavy atom. The molecule has 6 heteroatoms. The van der Waals surface area contributed by atoms with Gasteiger partial charge in [0.15, 0.2) is 0 Å². The molecule has 0 saturated heterocycles. The monoisotopic (exact) mass is 752 g/mol. The van der Waals surface area contributed by atoms with E-state index < -0.39 is 28.5 Å². The highest BCUT2D eigenvalue weighted by Crippen LogP contribution is 2.63. The van der Waals surface area contributed by atoms with Crippen LogP contribution >= 0.6 is 0 Å². The third-order valence-electron chi connectivity index (χ3n) is 12.6. The molecule has 2 bridgehead atoms. The van der Waals surface area contributed by atoms with Gasteiger partial charge in [0.2, 0.25) is 0 Å². The normalized spacial score (nSPS) is 20.8. The van der Waals surface area contributed by atoms with E-state index in [4.69, 9.17) is 18.9 Å². The average molecular weight is 753 g/mol. The Morgan fingerprint density at radius 1 is 0.614 bits per heavy atom. The second-order valence-corrected chi connectivity index (χ2v) is 16.2. The van der Waals surface area contributed by atoms with Gasteiger partial charge >= 0.3 is 11.9 Å². The van der Waals surface area contributed by atoms with E-state index in [-0.39, 0.29) is 11.4 Å². The van der Waals surface area contributed by atoms with Gasteiger partial charge in [0, 0.05) is 26.7 Å². The lowest BCUT2D eigenvalue weighted by molar-refractivity contribution is -0.164. The van der Waals surface area contributed by atoms with Crippen molar-refractivity contribution in [3.8, 4) is 22.6 Å². The number of methoxy groups -OCH3 is 2. The third-order valence-corrected chi connectivity index (χ3v) is 12.6. The second kappa shape index (κ2) is 13.3. The minimum atomic E-state index is -1.08. The van der Waals surface area contributed by atoms with Crippen LogP contribution in [0.25, 0.3) is 11.1 Å². The van der Waals surface area contributed by atoms with E-state index in [1.165, 1.54) is 5.56 Å². The molecule has 0 aromatic heterocycles. The molecule has 0 aliphatic heterocycles. The summed E-state index contributed by atoms with van der Waals surface area (Å²) in [5, 5.41) is 0. The minimum Gasteiger partial charge on any atom is -0.426 e. The number of hydrogen-bond acceptors (Lipinski definition) is 6. The first kappa shape index (κ1) is 36.6. The predicted molar refractivity (Wildman–Crippen MR) is 220 cm³/mol. The molecule has 3 unspecified atom stereocenters. The van der Waals surface area contributed by atoms with E-state index in [1.807, 2.05) is 66.7 Å². The SMILES string of the molecule is C=CC(=O)Oc1ccc(C2(c3ccc(OC(=O)C4CC5(OC)c6ccccc6C4(OC)c4ccc(C(C)(C)C)cc45)cc3)c3ccccc3-c3ccccc32)cc1. The summed E-state index contributed by atoms with van der Waals surface area (Å²) in [6, 6.07) is 47.0. The Kier molecular flexibility index (Phi) is 8.50. The largest absolute Gasteiger partial charge is 0.426 e. The van der Waals surface area contributed by atoms with Gasteiger partial charge in [-0.05, 0) is 90.9 Å². The summed E-state index contributed by atoms with van der Waals surface area (Å²) in [5.41, 5.74) is 8.87. The summed E-state index contributed by atoms with van der Waals surface area (Å²) in [5.74, 6) is -0.736. The Morgan fingerprint density at radius 2 is 1.12 bits per heavy atom. The summed E-state index contributed by atoms with van der Waals surface area (Å²) >= 11 is 0. The van der Waals surface area contributed by atoms with Gasteiger partial charge < -0.3 is 18.9 Å². The molecule has 0 radical (unpaired) electrons. The molecule has 10 rings (SSSR count). The molecule has 3 atom stereocenters. The van der Waals surface area contributed by atoms with Crippen molar-refractivity contribution < 1.29 is 28.5 Å². The standard InChI is InChI=1S/C51H44O6/c1-7-46(52)56-35-25-20-32(21-26-35)50(39-16-10-8-14-37(39)38-15-9-11-17-40(38)50)33-22-27-36(28-23-33)57-47(53)45-31-49(54-5)41-18-12-13-19-42(41)51(45,55-6)43-29-24-34(30-44(43)49)48(2,3)4/h7-30,45H,1,31H2,2-6H3. The molecule has 4 aliphatic carbocycles. The molecular formula is C51H44O6. The zero-order chi connectivity index (χ0) is 39.7. The van der Waals surface area contributed by atoms with Crippen molar-refractivity contribution in [3.05, 3.63) is 202 Å². The van der Waals surface area contributed by atoms with Crippen LogP contribution in [-0.2, 0) is 41.1 Å². The van der Waals surface area contributed by atoms with Gasteiger partial charge in [-0.25, -0.2) is 4.79 Å². The molecular weight excluding hydrogens is 709 g/mol. The van der Waals surface area contributed by atoms with Gasteiger partial charge in [-0.2, -0.15) is 0 Å². The molecule has 6 aromatic rings. The van der Waals surface area contributed by atoms with Crippen LogP contribution in [0.2, 0.25) is 0 Å². The number of ether oxygens (including phenoxy) is 4. The van der Waals surface area contributed by atoms with Crippen LogP contribution in [0.4, 0.5) is 0 Å². The number of hydrogen-bond donors (Lipinski definition) is 0. The van der Waals surface area contributed by atoms with Gasteiger partial charge in [0.05, 0.1) is 11.3 Å². The number of benzene rings is 6. The lowest BCUT2D eigenvalue weighted by atomic mass is 9.53. The fourth-order valence-electron chi connectivity index (χ4n) is 9.97. The molecule has 0 saturated carbocycles. The number of fused-ring (bicyclic) bond motifs is 4. The van der Waals surface area contributed by atoms with E-state index in [9.17, 15) is 9.59 Å². The lowest BCUT2D eigenvalue weighted by Crippen LogP contribution is -2.59. The van der Waals surface area contributed by atoms with Crippen LogP contribution in [0, 0.1) is 5.92 Å². The molecule has 4 aliphatic rings. The van der Waals surface area contributed by atoms with Gasteiger partial charge in [0.1, 0.15) is 22.7 Å². The first-order valence-corrected chi connectivity index (χ1v) is 19.3. The van der Waals surface area contributed by atoms with Crippen molar-refractivity contribution in [1.29, 1.82) is 0 Å². The van der Waals surface area contributed by atoms with Gasteiger partial charge in [-0.15, -0.1) is 0 Å². The third kappa shape index (κ3) is 5.17. The van der Waals surface area contributed by atoms with E-state index in [1.54, 1.807) is 14.2 Å². The van der Waals surface area contributed by atoms with E-state index in [2.05, 4.69) is 100 Å². The van der Waals surface area contributed by atoms with Crippen LogP contribution < -0.4 is 9.47 Å². The van der Waals surface area contributed by atoms with E-state index >= 15 is 0 Å². The Balaban J connectivity index is 1.12. The maximum atomic E-state index is 14.7. The van der Waals surface area contributed by atoms with Crippen LogP contribution in [0.5, 0.6) is 11.5 Å². The molecule has 0 amide bonds. The van der Waals surface area contributed by atoms with Gasteiger partial charge in [0.25, 0.3) is 0 Å². The Hall–Kier alpha value is -6.08. The Labute approximate surface area is 333 Å². The molecule has 0 heterocycles. The van der Waals surface area contributed by atoms with Crippen molar-refractivity contribution in [1.82, 2.24) is 0 Å². The molecule has 0 N–H and O–H groups in total. The quantitative estimate of drug-likeness (QED) is 0.0875. The zero-order valence-corrected chi connectivity index (χ0v) is 32.8. The summed E-state index contributed by atoms with van der Waals surface area (Å²) in [6.45, 7) is 10.1. The second-order valence-electron chi connectivity index (χ2n) is 16.2. The minimum absolute atomic E-state index is 0.0875. The van der Waals surface area contributed by atoms with Crippen LogP contribution in [0.3, 0.4) is 0 Å². The fourth-order valence-corrected chi connectivity index (χ4v) is 9.97. The van der Waals surface area contributed by atoms with Crippen molar-refractivity contribution in [2.24, 2.45) is 5.92 Å². The maximum absolute atomic E-state index is 14.7. The highest BCUT2D eigenvalue weighted by Gasteiger charge is 2.64. The van der Waals surface area contributed by atoms with E-state index in [0.717, 1.165) is 61.7 Å². The number of rotatable bonds is 8. The average Bonchev–Trinajstić information content (AvgIpc) is 3.54. The van der Waals surface area contributed by atoms with Crippen molar-refractivity contribution in [3.63, 3.8) is 0 Å². The highest BCUT2D eigenvalue weighted by atomic mass is 16.5. The number of carbonyl (C=O) groups is 2. The molecule has 0 fully saturated rings. The summed E-state index contributed by atoms with van der Waals surface area (Å²) in [6.07, 6.45) is 1.51. The molecule has 0 spiro atoms. The van der Waals surface area contributed by atoms with Crippen molar-refractivity contribution in [2.75, 3.05) is 14.2 Å². The van der Waals surface area contributed by atoms with Gasteiger partial charge in [-0.3, -0.25) is 4.79 Å². The van der Waals surface area contributed by atoms with E-state index in [0.29, 0.717) is 17.9 Å². The number of esters is 2.